The van der Waals surface area contributed by atoms with Crippen LogP contribution in [-0.4, -0.2) is 25.7 Å². The van der Waals surface area contributed by atoms with Crippen LogP contribution in [0.4, 0.5) is 0 Å². The van der Waals surface area contributed by atoms with Gasteiger partial charge in [0.15, 0.2) is 6.61 Å². The number of rotatable bonds is 3. The molecule has 5 heteroatoms. The van der Waals surface area contributed by atoms with E-state index in [4.69, 9.17) is 0 Å². The number of thiophene rings is 1. The molecule has 0 aromatic carbocycles. The van der Waals surface area contributed by atoms with Crippen molar-refractivity contribution in [3.05, 3.63) is 22.4 Å². The quantitative estimate of drug-likeness (QED) is 0.685. The van der Waals surface area contributed by atoms with Crippen molar-refractivity contribution >= 4 is 23.3 Å². The van der Waals surface area contributed by atoms with Gasteiger partial charge in [-0.25, -0.2) is 9.59 Å². The lowest BCUT2D eigenvalue weighted by Gasteiger charge is -2.00. The highest BCUT2D eigenvalue weighted by molar-refractivity contribution is 7.11. The van der Waals surface area contributed by atoms with Crippen LogP contribution >= 0.6 is 11.3 Å². The van der Waals surface area contributed by atoms with E-state index < -0.39 is 11.9 Å². The minimum atomic E-state index is -0.565. The Labute approximate surface area is 79.1 Å². The Morgan fingerprint density at radius 2 is 2.31 bits per heavy atom. The second-order valence-corrected chi connectivity index (χ2v) is 3.08. The molecular weight excluding hydrogens is 192 g/mol. The highest BCUT2D eigenvalue weighted by atomic mass is 32.1. The number of methoxy groups -OCH3 is 1. The van der Waals surface area contributed by atoms with Gasteiger partial charge in [-0.05, 0) is 11.4 Å². The Balaban J connectivity index is 2.39. The van der Waals surface area contributed by atoms with Crippen LogP contribution in [0.2, 0.25) is 0 Å². The van der Waals surface area contributed by atoms with Crippen LogP contribution in [0.5, 0.6) is 0 Å². The monoisotopic (exact) mass is 200 g/mol. The van der Waals surface area contributed by atoms with E-state index in [1.54, 1.807) is 17.5 Å². The van der Waals surface area contributed by atoms with Gasteiger partial charge < -0.3 is 9.47 Å². The van der Waals surface area contributed by atoms with E-state index in [0.717, 1.165) is 0 Å². The third kappa shape index (κ3) is 2.87. The molecule has 0 saturated carbocycles. The summed E-state index contributed by atoms with van der Waals surface area (Å²) in [4.78, 5) is 22.2. The molecule has 13 heavy (non-hydrogen) atoms. The maximum atomic E-state index is 11.1. The second kappa shape index (κ2) is 4.61. The van der Waals surface area contributed by atoms with Crippen molar-refractivity contribution in [3.8, 4) is 0 Å². The van der Waals surface area contributed by atoms with Gasteiger partial charge in [0.05, 0.1) is 7.11 Å². The fourth-order valence-corrected chi connectivity index (χ4v) is 1.27. The molecule has 1 heterocycles. The number of esters is 2. The maximum absolute atomic E-state index is 11.1. The van der Waals surface area contributed by atoms with E-state index in [2.05, 4.69) is 9.47 Å². The topological polar surface area (TPSA) is 52.6 Å². The molecule has 1 rings (SSSR count). The van der Waals surface area contributed by atoms with E-state index in [-0.39, 0.29) is 6.61 Å². The van der Waals surface area contributed by atoms with Crippen molar-refractivity contribution in [1.29, 1.82) is 0 Å². The van der Waals surface area contributed by atoms with E-state index in [9.17, 15) is 9.59 Å². The first-order valence-corrected chi connectivity index (χ1v) is 4.39. The van der Waals surface area contributed by atoms with E-state index in [1.807, 2.05) is 0 Å². The Hall–Kier alpha value is -1.36. The Morgan fingerprint density at radius 1 is 1.54 bits per heavy atom. The smallest absolute Gasteiger partial charge is 0.348 e. The predicted molar refractivity (Wildman–Crippen MR) is 46.6 cm³/mol. The molecule has 4 nitrogen and oxygen atoms in total. The lowest BCUT2D eigenvalue weighted by Crippen LogP contribution is -2.14. The Morgan fingerprint density at radius 3 is 2.85 bits per heavy atom. The van der Waals surface area contributed by atoms with Gasteiger partial charge in [-0.15, -0.1) is 11.3 Å². The number of carbonyl (C=O) groups is 2. The fourth-order valence-electron chi connectivity index (χ4n) is 0.649. The molecule has 0 fully saturated rings. The molecule has 1 aromatic heterocycles. The molecule has 0 spiro atoms. The summed E-state index contributed by atoms with van der Waals surface area (Å²) in [6.07, 6.45) is 0. The molecule has 0 unspecified atom stereocenters. The zero-order chi connectivity index (χ0) is 9.68. The SMILES string of the molecule is COC(=O)COC(=O)c1cccs1. The lowest BCUT2D eigenvalue weighted by molar-refractivity contribution is -0.144. The molecular formula is C8H8O4S. The average Bonchev–Trinajstić information content (AvgIpc) is 2.66. The number of hydrogen-bond donors (Lipinski definition) is 0. The van der Waals surface area contributed by atoms with Crippen LogP contribution in [0.3, 0.4) is 0 Å². The van der Waals surface area contributed by atoms with Crippen molar-refractivity contribution in [2.75, 3.05) is 13.7 Å². The molecule has 0 atom stereocenters. The van der Waals surface area contributed by atoms with E-state index >= 15 is 0 Å². The Bertz CT molecular complexity index is 291. The summed E-state index contributed by atoms with van der Waals surface area (Å²) < 4.78 is 8.94. The van der Waals surface area contributed by atoms with Gasteiger partial charge in [0, 0.05) is 0 Å². The summed E-state index contributed by atoms with van der Waals surface area (Å²) in [6, 6.07) is 3.36. The first-order chi connectivity index (χ1) is 6.24. The molecule has 70 valence electrons. The molecule has 1 aromatic rings. The van der Waals surface area contributed by atoms with Crippen LogP contribution in [0.25, 0.3) is 0 Å². The normalized spacial score (nSPS) is 9.31. The summed E-state index contributed by atoms with van der Waals surface area (Å²) in [5.41, 5.74) is 0. The van der Waals surface area contributed by atoms with Crippen LogP contribution in [0, 0.1) is 0 Å². The molecule has 0 aliphatic carbocycles. The molecule has 0 amide bonds. The maximum Gasteiger partial charge on any atom is 0.348 e. The van der Waals surface area contributed by atoms with Crippen molar-refractivity contribution in [2.24, 2.45) is 0 Å². The van der Waals surface area contributed by atoms with Crippen molar-refractivity contribution in [3.63, 3.8) is 0 Å². The minimum absolute atomic E-state index is 0.340. The van der Waals surface area contributed by atoms with Crippen LogP contribution in [0.1, 0.15) is 9.67 Å². The van der Waals surface area contributed by atoms with Crippen LogP contribution in [-0.2, 0) is 14.3 Å². The lowest BCUT2D eigenvalue weighted by atomic mass is 10.5. The molecule has 0 aliphatic rings. The zero-order valence-electron chi connectivity index (χ0n) is 6.98. The van der Waals surface area contributed by atoms with Gasteiger partial charge in [0.25, 0.3) is 0 Å². The molecule has 0 aliphatic heterocycles. The minimum Gasteiger partial charge on any atom is -0.466 e. The average molecular weight is 200 g/mol. The van der Waals surface area contributed by atoms with Gasteiger partial charge in [-0.1, -0.05) is 6.07 Å². The van der Waals surface area contributed by atoms with Gasteiger partial charge in [0.2, 0.25) is 0 Å². The predicted octanol–water partition coefficient (Wildman–Crippen LogP) is 1.08. The van der Waals surface area contributed by atoms with Crippen LogP contribution < -0.4 is 0 Å². The largest absolute Gasteiger partial charge is 0.466 e. The Kier molecular flexibility index (Phi) is 3.45. The fraction of sp³-hybridized carbons (Fsp3) is 0.250. The first-order valence-electron chi connectivity index (χ1n) is 3.51. The summed E-state index contributed by atoms with van der Waals surface area (Å²) >= 11 is 1.26. The van der Waals surface area contributed by atoms with Gasteiger partial charge in [0.1, 0.15) is 4.88 Å². The summed E-state index contributed by atoms with van der Waals surface area (Å²) in [5.74, 6) is -1.06. The second-order valence-electron chi connectivity index (χ2n) is 2.13. The molecule has 0 N–H and O–H groups in total. The van der Waals surface area contributed by atoms with Crippen molar-refractivity contribution in [2.45, 2.75) is 0 Å². The highest BCUT2D eigenvalue weighted by Gasteiger charge is 2.10. The standard InChI is InChI=1S/C8H8O4S/c1-11-7(9)5-12-8(10)6-3-2-4-13-6/h2-4H,5H2,1H3. The third-order valence-electron chi connectivity index (χ3n) is 1.27. The highest BCUT2D eigenvalue weighted by Crippen LogP contribution is 2.09. The summed E-state index contributed by atoms with van der Waals surface area (Å²) in [7, 11) is 1.24. The molecule has 0 radical (unpaired) electrons. The van der Waals surface area contributed by atoms with Gasteiger partial charge >= 0.3 is 11.9 Å². The van der Waals surface area contributed by atoms with Crippen molar-refractivity contribution < 1.29 is 19.1 Å². The van der Waals surface area contributed by atoms with Crippen LogP contribution in [0.15, 0.2) is 17.5 Å². The summed E-state index contributed by atoms with van der Waals surface area (Å²) in [5, 5.41) is 1.76. The van der Waals surface area contributed by atoms with E-state index in [0.29, 0.717) is 4.88 Å². The molecule has 0 saturated heterocycles. The molecule has 0 bridgehead atoms. The first kappa shape index (κ1) is 9.73. The number of hydrogen-bond acceptors (Lipinski definition) is 5. The third-order valence-corrected chi connectivity index (χ3v) is 2.12. The van der Waals surface area contributed by atoms with Gasteiger partial charge in [-0.2, -0.15) is 0 Å². The zero-order valence-corrected chi connectivity index (χ0v) is 7.80. The van der Waals surface area contributed by atoms with Crippen molar-refractivity contribution in [1.82, 2.24) is 0 Å². The summed E-state index contributed by atoms with van der Waals surface area (Å²) in [6.45, 7) is -0.340. The number of ether oxygens (including phenoxy) is 2. The van der Waals surface area contributed by atoms with Gasteiger partial charge in [-0.3, -0.25) is 0 Å². The number of carbonyl (C=O) groups excluding carboxylic acids is 2. The van der Waals surface area contributed by atoms with E-state index in [1.165, 1.54) is 18.4 Å².